The highest BCUT2D eigenvalue weighted by molar-refractivity contribution is 5.73. The van der Waals surface area contributed by atoms with Crippen molar-refractivity contribution in [2.75, 3.05) is 13.1 Å². The Labute approximate surface area is 129 Å². The SMILES string of the molecule is CCCCNC(CCCCCCCCCCNO)C(=O)O. The van der Waals surface area contributed by atoms with Gasteiger partial charge in [0.15, 0.2) is 0 Å². The largest absolute Gasteiger partial charge is 0.480 e. The molecule has 1 atom stereocenters. The van der Waals surface area contributed by atoms with Crippen molar-refractivity contribution in [3.05, 3.63) is 0 Å². The summed E-state index contributed by atoms with van der Waals surface area (Å²) in [6.07, 6.45) is 12.1. The highest BCUT2D eigenvalue weighted by Crippen LogP contribution is 2.11. The standard InChI is InChI=1S/C16H34N2O3/c1-2-3-13-17-15(16(19)20)12-10-8-6-4-5-7-9-11-14-18-21/h15,17-18,21H,2-14H2,1H3,(H,19,20). The van der Waals surface area contributed by atoms with E-state index in [4.69, 9.17) is 10.3 Å². The van der Waals surface area contributed by atoms with Crippen LogP contribution in [0.4, 0.5) is 0 Å². The van der Waals surface area contributed by atoms with Crippen LogP contribution in [0.15, 0.2) is 0 Å². The summed E-state index contributed by atoms with van der Waals surface area (Å²) in [6, 6.07) is -0.373. The van der Waals surface area contributed by atoms with Gasteiger partial charge >= 0.3 is 5.97 Å². The van der Waals surface area contributed by atoms with Crippen molar-refractivity contribution in [1.29, 1.82) is 0 Å². The summed E-state index contributed by atoms with van der Waals surface area (Å²) < 4.78 is 0. The Morgan fingerprint density at radius 2 is 1.48 bits per heavy atom. The summed E-state index contributed by atoms with van der Waals surface area (Å²) in [5.74, 6) is -0.719. The van der Waals surface area contributed by atoms with Crippen LogP contribution < -0.4 is 10.8 Å². The lowest BCUT2D eigenvalue weighted by atomic mass is 10.0. The van der Waals surface area contributed by atoms with Crippen molar-refractivity contribution in [2.24, 2.45) is 0 Å². The van der Waals surface area contributed by atoms with Gasteiger partial charge in [-0.2, -0.15) is 0 Å². The second-order valence-electron chi connectivity index (χ2n) is 5.72. The molecule has 1 unspecified atom stereocenters. The first-order valence-corrected chi connectivity index (χ1v) is 8.55. The van der Waals surface area contributed by atoms with Gasteiger partial charge in [0.25, 0.3) is 0 Å². The molecule has 0 aliphatic rings. The lowest BCUT2D eigenvalue weighted by molar-refractivity contribution is -0.139. The van der Waals surface area contributed by atoms with Gasteiger partial charge < -0.3 is 15.6 Å². The van der Waals surface area contributed by atoms with Crippen molar-refractivity contribution < 1.29 is 15.1 Å². The minimum atomic E-state index is -0.719. The fourth-order valence-corrected chi connectivity index (χ4v) is 2.38. The second kappa shape index (κ2) is 15.7. The number of carbonyl (C=O) groups is 1. The summed E-state index contributed by atoms with van der Waals surface area (Å²) in [6.45, 7) is 3.59. The summed E-state index contributed by atoms with van der Waals surface area (Å²) in [5, 5.41) is 20.7. The molecule has 0 rings (SSSR count). The molecule has 0 aromatic rings. The van der Waals surface area contributed by atoms with Gasteiger partial charge in [0, 0.05) is 6.54 Å². The topological polar surface area (TPSA) is 81.6 Å². The predicted octanol–water partition coefficient (Wildman–Crippen LogP) is 3.32. The van der Waals surface area contributed by atoms with Gasteiger partial charge in [-0.25, -0.2) is 5.48 Å². The van der Waals surface area contributed by atoms with E-state index in [1.165, 1.54) is 25.7 Å². The van der Waals surface area contributed by atoms with Gasteiger partial charge in [-0.05, 0) is 25.8 Å². The molecule has 0 bridgehead atoms. The molecule has 0 aromatic heterocycles. The van der Waals surface area contributed by atoms with E-state index in [-0.39, 0.29) is 6.04 Å². The highest BCUT2D eigenvalue weighted by atomic mass is 16.5. The first-order valence-electron chi connectivity index (χ1n) is 8.55. The van der Waals surface area contributed by atoms with Crippen molar-refractivity contribution in [3.8, 4) is 0 Å². The predicted molar refractivity (Wildman–Crippen MR) is 85.7 cm³/mol. The van der Waals surface area contributed by atoms with Gasteiger partial charge in [0.2, 0.25) is 0 Å². The third-order valence-corrected chi connectivity index (χ3v) is 3.75. The van der Waals surface area contributed by atoms with Crippen molar-refractivity contribution in [3.63, 3.8) is 0 Å². The number of hydrogen-bond acceptors (Lipinski definition) is 4. The van der Waals surface area contributed by atoms with Crippen LogP contribution in [0.3, 0.4) is 0 Å². The van der Waals surface area contributed by atoms with E-state index < -0.39 is 5.97 Å². The lowest BCUT2D eigenvalue weighted by Crippen LogP contribution is -2.37. The summed E-state index contributed by atoms with van der Waals surface area (Å²) in [7, 11) is 0. The monoisotopic (exact) mass is 302 g/mol. The van der Waals surface area contributed by atoms with E-state index in [1.54, 1.807) is 0 Å². The maximum Gasteiger partial charge on any atom is 0.320 e. The zero-order valence-corrected chi connectivity index (χ0v) is 13.6. The number of carboxylic acid groups (broad SMARTS) is 1. The van der Waals surface area contributed by atoms with E-state index in [1.807, 2.05) is 0 Å². The van der Waals surface area contributed by atoms with E-state index >= 15 is 0 Å². The Morgan fingerprint density at radius 3 is 2.00 bits per heavy atom. The summed E-state index contributed by atoms with van der Waals surface area (Å²) in [5.41, 5.74) is 2.17. The Bertz CT molecular complexity index is 238. The fourth-order valence-electron chi connectivity index (χ4n) is 2.38. The fraction of sp³-hybridized carbons (Fsp3) is 0.938. The molecule has 0 amide bonds. The molecule has 0 aromatic carbocycles. The molecule has 5 nitrogen and oxygen atoms in total. The van der Waals surface area contributed by atoms with Crippen LogP contribution in [0.1, 0.15) is 77.6 Å². The van der Waals surface area contributed by atoms with E-state index in [9.17, 15) is 4.79 Å². The van der Waals surface area contributed by atoms with Crippen molar-refractivity contribution >= 4 is 5.97 Å². The molecule has 126 valence electrons. The van der Waals surface area contributed by atoms with Gasteiger partial charge in [-0.3, -0.25) is 4.79 Å². The average molecular weight is 302 g/mol. The summed E-state index contributed by atoms with van der Waals surface area (Å²) >= 11 is 0. The molecule has 4 N–H and O–H groups in total. The molecular formula is C16H34N2O3. The minimum absolute atomic E-state index is 0.373. The Hall–Kier alpha value is -0.650. The number of rotatable bonds is 16. The Balaban J connectivity index is 3.39. The second-order valence-corrected chi connectivity index (χ2v) is 5.72. The lowest BCUT2D eigenvalue weighted by Gasteiger charge is -2.13. The molecule has 0 heterocycles. The number of hydrogen-bond donors (Lipinski definition) is 4. The van der Waals surface area contributed by atoms with Gasteiger partial charge in [-0.1, -0.05) is 58.3 Å². The minimum Gasteiger partial charge on any atom is -0.480 e. The zero-order valence-electron chi connectivity index (χ0n) is 13.6. The van der Waals surface area contributed by atoms with Crippen LogP contribution in [-0.4, -0.2) is 35.4 Å². The summed E-state index contributed by atoms with van der Waals surface area (Å²) in [4.78, 5) is 11.1. The molecule has 5 heteroatoms. The number of unbranched alkanes of at least 4 members (excludes halogenated alkanes) is 8. The molecular weight excluding hydrogens is 268 g/mol. The maximum atomic E-state index is 11.1. The molecule has 21 heavy (non-hydrogen) atoms. The van der Waals surface area contributed by atoms with Gasteiger partial charge in [0.05, 0.1) is 0 Å². The van der Waals surface area contributed by atoms with E-state index in [0.29, 0.717) is 6.54 Å². The number of aliphatic carboxylic acids is 1. The van der Waals surface area contributed by atoms with Crippen LogP contribution in [0.2, 0.25) is 0 Å². The van der Waals surface area contributed by atoms with Crippen LogP contribution in [0.25, 0.3) is 0 Å². The molecule has 0 aliphatic heterocycles. The smallest absolute Gasteiger partial charge is 0.320 e. The van der Waals surface area contributed by atoms with E-state index in [2.05, 4.69) is 17.7 Å². The molecule has 0 saturated heterocycles. The van der Waals surface area contributed by atoms with Crippen LogP contribution in [0, 0.1) is 0 Å². The van der Waals surface area contributed by atoms with Crippen LogP contribution >= 0.6 is 0 Å². The first-order chi connectivity index (χ1) is 10.2. The number of hydroxylamine groups is 1. The van der Waals surface area contributed by atoms with Gasteiger partial charge in [-0.15, -0.1) is 0 Å². The van der Waals surface area contributed by atoms with Crippen LogP contribution in [0.5, 0.6) is 0 Å². The first kappa shape index (κ1) is 20.3. The quantitative estimate of drug-likeness (QED) is 0.260. The Morgan fingerprint density at radius 1 is 0.905 bits per heavy atom. The third-order valence-electron chi connectivity index (χ3n) is 3.75. The van der Waals surface area contributed by atoms with Crippen molar-refractivity contribution in [2.45, 2.75) is 83.6 Å². The maximum absolute atomic E-state index is 11.1. The zero-order chi connectivity index (χ0) is 15.8. The third kappa shape index (κ3) is 14.1. The highest BCUT2D eigenvalue weighted by Gasteiger charge is 2.15. The van der Waals surface area contributed by atoms with Crippen LogP contribution in [-0.2, 0) is 4.79 Å². The molecule has 0 spiro atoms. The molecule has 0 fully saturated rings. The Kier molecular flexibility index (Phi) is 15.2. The van der Waals surface area contributed by atoms with E-state index in [0.717, 1.165) is 51.5 Å². The van der Waals surface area contributed by atoms with Crippen molar-refractivity contribution in [1.82, 2.24) is 10.8 Å². The molecule has 0 radical (unpaired) electrons. The number of nitrogens with one attached hydrogen (secondary N) is 2. The molecule has 0 aliphatic carbocycles. The average Bonchev–Trinajstić information content (AvgIpc) is 2.47. The number of carboxylic acids is 1. The normalized spacial score (nSPS) is 12.5. The molecule has 0 saturated carbocycles. The van der Waals surface area contributed by atoms with Gasteiger partial charge in [0.1, 0.15) is 6.04 Å².